The van der Waals surface area contributed by atoms with Gasteiger partial charge in [0.25, 0.3) is 0 Å². The van der Waals surface area contributed by atoms with E-state index in [4.69, 9.17) is 9.47 Å². The molecule has 1 saturated heterocycles. The van der Waals surface area contributed by atoms with Gasteiger partial charge in [0.05, 0.1) is 13.4 Å². The number of esters is 1. The van der Waals surface area contributed by atoms with Gasteiger partial charge >= 0.3 is 5.97 Å². The van der Waals surface area contributed by atoms with Gasteiger partial charge in [-0.1, -0.05) is 6.08 Å². The lowest BCUT2D eigenvalue weighted by Gasteiger charge is -1.98. The maximum atomic E-state index is 11.0. The molecule has 1 aliphatic rings. The molecule has 0 saturated carbocycles. The Hall–Kier alpha value is -1.25. The van der Waals surface area contributed by atoms with Crippen LogP contribution in [0, 0.1) is 5.92 Å². The fourth-order valence-corrected chi connectivity index (χ4v) is 1.15. The summed E-state index contributed by atoms with van der Waals surface area (Å²) in [4.78, 5) is 11.0. The Morgan fingerprint density at radius 1 is 1.67 bits per heavy atom. The number of allylic oxidation sites excluding steroid dienone is 1. The normalized spacial score (nSPS) is 26.7. The maximum Gasteiger partial charge on any atom is 0.334 e. The quantitative estimate of drug-likeness (QED) is 0.354. The minimum Gasteiger partial charge on any atom is -0.505 e. The topological polar surface area (TPSA) is 35.5 Å². The van der Waals surface area contributed by atoms with Crippen LogP contribution in [0.15, 0.2) is 24.0 Å². The molecule has 0 aliphatic carbocycles. The third-order valence-electron chi connectivity index (χ3n) is 1.79. The predicted molar refractivity (Wildman–Crippen MR) is 44.4 cm³/mol. The van der Waals surface area contributed by atoms with Gasteiger partial charge in [-0.15, -0.1) is 0 Å². The van der Waals surface area contributed by atoms with E-state index in [9.17, 15) is 4.79 Å². The number of hydrogen-bond donors (Lipinski definition) is 0. The lowest BCUT2D eigenvalue weighted by atomic mass is 10.0. The molecular formula is C9H12O3. The van der Waals surface area contributed by atoms with Crippen molar-refractivity contribution in [2.24, 2.45) is 5.92 Å². The lowest BCUT2D eigenvalue weighted by molar-refractivity contribution is -0.135. The van der Waals surface area contributed by atoms with Crippen molar-refractivity contribution < 1.29 is 14.3 Å². The highest BCUT2D eigenvalue weighted by Crippen LogP contribution is 2.22. The van der Waals surface area contributed by atoms with Gasteiger partial charge in [-0.05, 0) is 13.0 Å². The third-order valence-corrected chi connectivity index (χ3v) is 1.79. The summed E-state index contributed by atoms with van der Waals surface area (Å²) in [7, 11) is 1.57. The van der Waals surface area contributed by atoms with Crippen molar-refractivity contribution in [3.8, 4) is 0 Å². The molecule has 0 aromatic heterocycles. The minimum absolute atomic E-state index is 0.0578. The fourth-order valence-electron chi connectivity index (χ4n) is 1.15. The summed E-state index contributed by atoms with van der Waals surface area (Å²) < 4.78 is 9.61. The monoisotopic (exact) mass is 168 g/mol. The van der Waals surface area contributed by atoms with Crippen molar-refractivity contribution >= 4 is 5.97 Å². The number of hydrogen-bond acceptors (Lipinski definition) is 3. The van der Waals surface area contributed by atoms with Crippen LogP contribution in [0.4, 0.5) is 0 Å². The van der Waals surface area contributed by atoms with Gasteiger partial charge < -0.3 is 9.47 Å². The van der Waals surface area contributed by atoms with Crippen LogP contribution >= 0.6 is 0 Å². The number of methoxy groups -OCH3 is 1. The number of carbonyl (C=O) groups excluding carboxylic acids is 1. The molecule has 0 aromatic carbocycles. The first-order valence-corrected chi connectivity index (χ1v) is 3.82. The molecule has 1 fully saturated rings. The zero-order chi connectivity index (χ0) is 8.97. The molecule has 1 heterocycles. The van der Waals surface area contributed by atoms with E-state index in [1.165, 1.54) is 0 Å². The Balaban J connectivity index is 2.68. The molecule has 0 aromatic rings. The van der Waals surface area contributed by atoms with E-state index in [0.717, 1.165) is 0 Å². The number of ether oxygens (including phenoxy) is 2. The van der Waals surface area contributed by atoms with Crippen LogP contribution in [0.5, 0.6) is 0 Å². The second kappa shape index (κ2) is 3.95. The van der Waals surface area contributed by atoms with Crippen molar-refractivity contribution in [2.45, 2.75) is 6.92 Å². The summed E-state index contributed by atoms with van der Waals surface area (Å²) in [6, 6.07) is 0. The van der Waals surface area contributed by atoms with E-state index in [2.05, 4.69) is 0 Å². The molecule has 1 aliphatic heterocycles. The standard InChI is InChI=1S/C9H12O3/c1-3-8-7(4-5-11-2)6-12-9(8)10/h3-5,7H,6H2,1-2H3/b5-4+,8-3+/t7-/m1/s1. The van der Waals surface area contributed by atoms with E-state index in [-0.39, 0.29) is 11.9 Å². The molecular weight excluding hydrogens is 156 g/mol. The molecule has 0 spiro atoms. The minimum atomic E-state index is -0.219. The Labute approximate surface area is 71.7 Å². The van der Waals surface area contributed by atoms with E-state index < -0.39 is 0 Å². The van der Waals surface area contributed by atoms with Crippen molar-refractivity contribution in [1.29, 1.82) is 0 Å². The molecule has 3 nitrogen and oxygen atoms in total. The largest absolute Gasteiger partial charge is 0.505 e. The second-order valence-corrected chi connectivity index (χ2v) is 2.51. The Morgan fingerprint density at radius 2 is 2.42 bits per heavy atom. The molecule has 0 N–H and O–H groups in total. The van der Waals surface area contributed by atoms with Gasteiger partial charge in [0.15, 0.2) is 0 Å². The number of carbonyl (C=O) groups is 1. The highest BCUT2D eigenvalue weighted by Gasteiger charge is 2.27. The van der Waals surface area contributed by atoms with Gasteiger partial charge in [0.2, 0.25) is 0 Å². The highest BCUT2D eigenvalue weighted by molar-refractivity contribution is 5.91. The molecule has 12 heavy (non-hydrogen) atoms. The van der Waals surface area contributed by atoms with Crippen LogP contribution in [0.3, 0.4) is 0 Å². The lowest BCUT2D eigenvalue weighted by Crippen LogP contribution is -1.99. The second-order valence-electron chi connectivity index (χ2n) is 2.51. The summed E-state index contributed by atoms with van der Waals surface area (Å²) in [5.74, 6) is -0.161. The zero-order valence-corrected chi connectivity index (χ0v) is 7.24. The first kappa shape index (κ1) is 8.84. The van der Waals surface area contributed by atoms with Crippen molar-refractivity contribution in [1.82, 2.24) is 0 Å². The van der Waals surface area contributed by atoms with E-state index in [0.29, 0.717) is 12.2 Å². The average molecular weight is 168 g/mol. The van der Waals surface area contributed by atoms with Crippen LogP contribution in [0.2, 0.25) is 0 Å². The zero-order valence-electron chi connectivity index (χ0n) is 7.24. The first-order valence-electron chi connectivity index (χ1n) is 3.82. The van der Waals surface area contributed by atoms with Crippen LogP contribution < -0.4 is 0 Å². The summed E-state index contributed by atoms with van der Waals surface area (Å²) >= 11 is 0. The predicted octanol–water partition coefficient (Wildman–Crippen LogP) is 1.27. The van der Waals surface area contributed by atoms with Crippen molar-refractivity contribution in [2.75, 3.05) is 13.7 Å². The van der Waals surface area contributed by atoms with E-state index in [1.54, 1.807) is 19.4 Å². The molecule has 0 bridgehead atoms. The van der Waals surface area contributed by atoms with Crippen molar-refractivity contribution in [3.63, 3.8) is 0 Å². The molecule has 0 amide bonds. The molecule has 0 unspecified atom stereocenters. The summed E-state index contributed by atoms with van der Waals surface area (Å²) in [6.07, 6.45) is 5.16. The van der Waals surface area contributed by atoms with Gasteiger partial charge in [-0.3, -0.25) is 0 Å². The summed E-state index contributed by atoms with van der Waals surface area (Å²) in [5.41, 5.74) is 0.711. The maximum absolute atomic E-state index is 11.0. The van der Waals surface area contributed by atoms with Crippen molar-refractivity contribution in [3.05, 3.63) is 24.0 Å². The Bertz CT molecular complexity index is 228. The SMILES string of the molecule is C/C=C1/C(=O)OC[C@H]1/C=C/OC. The molecule has 1 rings (SSSR count). The third kappa shape index (κ3) is 1.67. The Morgan fingerprint density at radius 3 is 3.00 bits per heavy atom. The van der Waals surface area contributed by atoms with Gasteiger partial charge in [0.1, 0.15) is 6.61 Å². The molecule has 66 valence electrons. The number of cyclic esters (lactones) is 1. The van der Waals surface area contributed by atoms with Crippen LogP contribution in [-0.2, 0) is 14.3 Å². The molecule has 1 atom stereocenters. The number of rotatable bonds is 2. The fraction of sp³-hybridized carbons (Fsp3) is 0.444. The Kier molecular flexibility index (Phi) is 2.91. The first-order chi connectivity index (χ1) is 5.79. The van der Waals surface area contributed by atoms with Crippen LogP contribution in [0.25, 0.3) is 0 Å². The van der Waals surface area contributed by atoms with Crippen LogP contribution in [0.1, 0.15) is 6.92 Å². The van der Waals surface area contributed by atoms with Gasteiger partial charge in [-0.25, -0.2) is 4.79 Å². The van der Waals surface area contributed by atoms with E-state index >= 15 is 0 Å². The highest BCUT2D eigenvalue weighted by atomic mass is 16.5. The van der Waals surface area contributed by atoms with Gasteiger partial charge in [-0.2, -0.15) is 0 Å². The van der Waals surface area contributed by atoms with E-state index in [1.807, 2.05) is 13.0 Å². The smallest absolute Gasteiger partial charge is 0.334 e. The van der Waals surface area contributed by atoms with Crippen LogP contribution in [-0.4, -0.2) is 19.7 Å². The average Bonchev–Trinajstić information content (AvgIpc) is 2.43. The van der Waals surface area contributed by atoms with Gasteiger partial charge in [0, 0.05) is 11.5 Å². The molecule has 3 heteroatoms. The molecule has 0 radical (unpaired) electrons. The summed E-state index contributed by atoms with van der Waals surface area (Å²) in [6.45, 7) is 2.26. The summed E-state index contributed by atoms with van der Waals surface area (Å²) in [5, 5.41) is 0.